The van der Waals surface area contributed by atoms with Gasteiger partial charge < -0.3 is 9.64 Å². The molecule has 0 heterocycles. The molecule has 5 nitrogen and oxygen atoms in total. The van der Waals surface area contributed by atoms with Crippen molar-refractivity contribution in [2.45, 2.75) is 27.7 Å². The maximum atomic E-state index is 11.5. The lowest BCUT2D eigenvalue weighted by atomic mass is 9.92. The third-order valence-corrected chi connectivity index (χ3v) is 2.57. The van der Waals surface area contributed by atoms with E-state index in [1.165, 1.54) is 0 Å². The maximum absolute atomic E-state index is 11.5. The van der Waals surface area contributed by atoms with Crippen LogP contribution in [0.2, 0.25) is 0 Å². The van der Waals surface area contributed by atoms with Crippen molar-refractivity contribution in [2.24, 2.45) is 11.3 Å². The van der Waals surface area contributed by atoms with E-state index < -0.39 is 5.41 Å². The van der Waals surface area contributed by atoms with Crippen molar-refractivity contribution in [3.05, 3.63) is 0 Å². The Bertz CT molecular complexity index is 207. The van der Waals surface area contributed by atoms with E-state index in [1.54, 1.807) is 0 Å². The van der Waals surface area contributed by atoms with E-state index in [-0.39, 0.29) is 5.91 Å². The lowest BCUT2D eigenvalue weighted by Crippen LogP contribution is -2.47. The number of carbonyl (C=O) groups excluding carboxylic acids is 1. The van der Waals surface area contributed by atoms with Crippen molar-refractivity contribution in [3.63, 3.8) is 0 Å². The first-order chi connectivity index (χ1) is 7.47. The molecule has 0 radical (unpaired) electrons. The van der Waals surface area contributed by atoms with Crippen molar-refractivity contribution in [1.82, 2.24) is 10.3 Å². The first kappa shape index (κ1) is 15.3. The van der Waals surface area contributed by atoms with E-state index in [4.69, 9.17) is 10.6 Å². The van der Waals surface area contributed by atoms with Crippen molar-refractivity contribution >= 4 is 5.91 Å². The highest BCUT2D eigenvalue weighted by atomic mass is 16.5. The minimum Gasteiger partial charge on any atom is -0.380 e. The topological polar surface area (TPSA) is 67.6 Å². The van der Waals surface area contributed by atoms with Crippen LogP contribution < -0.4 is 11.3 Å². The van der Waals surface area contributed by atoms with Crippen molar-refractivity contribution < 1.29 is 9.53 Å². The molecule has 0 bridgehead atoms. The molecule has 0 fully saturated rings. The zero-order valence-corrected chi connectivity index (χ0v) is 10.9. The van der Waals surface area contributed by atoms with Crippen molar-refractivity contribution in [2.75, 3.05) is 32.8 Å². The van der Waals surface area contributed by atoms with E-state index in [9.17, 15) is 4.79 Å². The lowest BCUT2D eigenvalue weighted by Gasteiger charge is -2.30. The average Bonchev–Trinajstić information content (AvgIpc) is 2.26. The molecule has 96 valence electrons. The molecule has 0 aromatic carbocycles. The number of hydrogen-bond acceptors (Lipinski definition) is 4. The second kappa shape index (κ2) is 7.60. The van der Waals surface area contributed by atoms with E-state index >= 15 is 0 Å². The van der Waals surface area contributed by atoms with Gasteiger partial charge in [-0.15, -0.1) is 0 Å². The first-order valence-corrected chi connectivity index (χ1v) is 5.79. The molecular weight excluding hydrogens is 206 g/mol. The SMILES string of the molecule is CCOCCN(CC)CC(C)(C)C(=O)NN. The Morgan fingerprint density at radius 1 is 1.44 bits per heavy atom. The molecule has 0 rings (SSSR count). The van der Waals surface area contributed by atoms with E-state index in [1.807, 2.05) is 20.8 Å². The van der Waals surface area contributed by atoms with Crippen LogP contribution in [0.25, 0.3) is 0 Å². The number of hydrazine groups is 1. The summed E-state index contributed by atoms with van der Waals surface area (Å²) in [5.41, 5.74) is 1.73. The Balaban J connectivity index is 4.14. The number of ether oxygens (including phenoxy) is 1. The molecule has 0 saturated carbocycles. The van der Waals surface area contributed by atoms with Gasteiger partial charge in [0.05, 0.1) is 12.0 Å². The van der Waals surface area contributed by atoms with Gasteiger partial charge in [0.25, 0.3) is 0 Å². The number of likely N-dealkylation sites (N-methyl/N-ethyl adjacent to an activating group) is 1. The minimum atomic E-state index is -0.475. The van der Waals surface area contributed by atoms with Crippen molar-refractivity contribution in [3.8, 4) is 0 Å². The fraction of sp³-hybridized carbons (Fsp3) is 0.909. The molecule has 0 saturated heterocycles. The predicted octanol–water partition coefficient (Wildman–Crippen LogP) is 0.361. The molecule has 16 heavy (non-hydrogen) atoms. The number of amides is 1. The normalized spacial score (nSPS) is 11.9. The monoisotopic (exact) mass is 231 g/mol. The lowest BCUT2D eigenvalue weighted by molar-refractivity contribution is -0.130. The molecular formula is C11H25N3O2. The van der Waals surface area contributed by atoms with Crippen LogP contribution in [0.5, 0.6) is 0 Å². The van der Waals surface area contributed by atoms with Gasteiger partial charge in [-0.2, -0.15) is 0 Å². The predicted molar refractivity (Wildman–Crippen MR) is 64.7 cm³/mol. The molecule has 0 aliphatic rings. The molecule has 1 amide bonds. The van der Waals surface area contributed by atoms with Gasteiger partial charge in [0.2, 0.25) is 5.91 Å². The fourth-order valence-corrected chi connectivity index (χ4v) is 1.51. The van der Waals surface area contributed by atoms with Crippen LogP contribution in [-0.4, -0.2) is 43.7 Å². The number of nitrogens with one attached hydrogen (secondary N) is 1. The summed E-state index contributed by atoms with van der Waals surface area (Å²) in [6.45, 7) is 11.7. The second-order valence-corrected chi connectivity index (χ2v) is 4.42. The molecule has 0 aromatic heterocycles. The quantitative estimate of drug-likeness (QED) is 0.274. The van der Waals surface area contributed by atoms with Gasteiger partial charge >= 0.3 is 0 Å². The first-order valence-electron chi connectivity index (χ1n) is 5.79. The number of nitrogens with two attached hydrogens (primary N) is 1. The Hall–Kier alpha value is -0.650. The highest BCUT2D eigenvalue weighted by Gasteiger charge is 2.28. The van der Waals surface area contributed by atoms with Crippen LogP contribution >= 0.6 is 0 Å². The van der Waals surface area contributed by atoms with E-state index in [0.717, 1.165) is 19.7 Å². The Labute approximate surface area is 98.3 Å². The van der Waals surface area contributed by atoms with Gasteiger partial charge in [-0.05, 0) is 27.3 Å². The standard InChI is InChI=1S/C11H25N3O2/c1-5-14(7-8-16-6-2)9-11(3,4)10(15)13-12/h5-9,12H2,1-4H3,(H,13,15). The zero-order chi connectivity index (χ0) is 12.6. The van der Waals surface area contributed by atoms with Gasteiger partial charge in [-0.1, -0.05) is 6.92 Å². The Morgan fingerprint density at radius 2 is 2.06 bits per heavy atom. The summed E-state index contributed by atoms with van der Waals surface area (Å²) in [5, 5.41) is 0. The summed E-state index contributed by atoms with van der Waals surface area (Å²) in [6.07, 6.45) is 0. The number of rotatable bonds is 8. The number of nitrogens with zero attached hydrogens (tertiary/aromatic N) is 1. The van der Waals surface area contributed by atoms with Crippen LogP contribution in [0, 0.1) is 5.41 Å². The minimum absolute atomic E-state index is 0.137. The molecule has 0 aliphatic heterocycles. The molecule has 0 aromatic rings. The van der Waals surface area contributed by atoms with Crippen LogP contribution in [0.15, 0.2) is 0 Å². The van der Waals surface area contributed by atoms with Crippen LogP contribution in [0.3, 0.4) is 0 Å². The number of carbonyl (C=O) groups is 1. The average molecular weight is 231 g/mol. The van der Waals surface area contributed by atoms with Gasteiger partial charge in [0, 0.05) is 19.7 Å². The summed E-state index contributed by atoms with van der Waals surface area (Å²) in [6, 6.07) is 0. The van der Waals surface area contributed by atoms with Crippen LogP contribution in [-0.2, 0) is 9.53 Å². The Kier molecular flexibility index (Phi) is 7.29. The molecule has 0 spiro atoms. The summed E-state index contributed by atoms with van der Waals surface area (Å²) in [7, 11) is 0. The summed E-state index contributed by atoms with van der Waals surface area (Å²) in [5.74, 6) is 5.02. The Morgan fingerprint density at radius 3 is 2.50 bits per heavy atom. The van der Waals surface area contributed by atoms with Crippen LogP contribution in [0.4, 0.5) is 0 Å². The van der Waals surface area contributed by atoms with Gasteiger partial charge in [-0.3, -0.25) is 10.2 Å². The second-order valence-electron chi connectivity index (χ2n) is 4.42. The highest BCUT2D eigenvalue weighted by Crippen LogP contribution is 2.16. The van der Waals surface area contributed by atoms with E-state index in [2.05, 4.69) is 17.2 Å². The van der Waals surface area contributed by atoms with Gasteiger partial charge in [0.1, 0.15) is 0 Å². The maximum Gasteiger partial charge on any atom is 0.240 e. The molecule has 0 unspecified atom stereocenters. The van der Waals surface area contributed by atoms with Crippen LogP contribution in [0.1, 0.15) is 27.7 Å². The molecule has 0 aliphatic carbocycles. The summed E-state index contributed by atoms with van der Waals surface area (Å²) >= 11 is 0. The molecule has 3 N–H and O–H groups in total. The van der Waals surface area contributed by atoms with Gasteiger partial charge in [-0.25, -0.2) is 5.84 Å². The summed E-state index contributed by atoms with van der Waals surface area (Å²) in [4.78, 5) is 13.7. The molecule has 5 heteroatoms. The van der Waals surface area contributed by atoms with Crippen molar-refractivity contribution in [1.29, 1.82) is 0 Å². The number of hydrogen-bond donors (Lipinski definition) is 2. The highest BCUT2D eigenvalue weighted by molar-refractivity contribution is 5.81. The third kappa shape index (κ3) is 5.44. The largest absolute Gasteiger partial charge is 0.380 e. The summed E-state index contributed by atoms with van der Waals surface area (Å²) < 4.78 is 5.30. The zero-order valence-electron chi connectivity index (χ0n) is 10.9. The third-order valence-electron chi connectivity index (χ3n) is 2.57. The molecule has 0 atom stereocenters. The smallest absolute Gasteiger partial charge is 0.240 e. The fourth-order valence-electron chi connectivity index (χ4n) is 1.51. The van der Waals surface area contributed by atoms with Gasteiger partial charge in [0.15, 0.2) is 0 Å². The van der Waals surface area contributed by atoms with E-state index in [0.29, 0.717) is 13.2 Å².